The predicted octanol–water partition coefficient (Wildman–Crippen LogP) is 4.01. The van der Waals surface area contributed by atoms with Crippen LogP contribution < -0.4 is 29.2 Å². The van der Waals surface area contributed by atoms with E-state index >= 15 is 0 Å². The maximum Gasteiger partial charge on any atom is 0.343 e. The number of nitrogens with zero attached hydrogens (tertiary/aromatic N) is 1. The summed E-state index contributed by atoms with van der Waals surface area (Å²) in [6.07, 6.45) is 1.34. The minimum absolute atomic E-state index is 0.0801. The molecule has 4 amide bonds. The van der Waals surface area contributed by atoms with Crippen molar-refractivity contribution in [3.63, 3.8) is 0 Å². The Kier molecular flexibility index (Phi) is 6.53. The number of benzene rings is 3. The normalized spacial score (nSPS) is 15.5. The van der Waals surface area contributed by atoms with E-state index in [1.54, 1.807) is 49.4 Å². The van der Waals surface area contributed by atoms with Crippen LogP contribution in [0.3, 0.4) is 0 Å². The van der Waals surface area contributed by atoms with Crippen molar-refractivity contribution in [2.24, 2.45) is 0 Å². The largest absolute Gasteiger partial charge is 0.490 e. The first-order chi connectivity index (χ1) is 18.3. The van der Waals surface area contributed by atoms with Crippen LogP contribution in [-0.4, -0.2) is 37.2 Å². The van der Waals surface area contributed by atoms with Crippen LogP contribution in [0, 0.1) is 6.92 Å². The van der Waals surface area contributed by atoms with Gasteiger partial charge in [-0.3, -0.25) is 14.9 Å². The van der Waals surface area contributed by atoms with Crippen molar-refractivity contribution in [3.8, 4) is 23.0 Å². The predicted molar refractivity (Wildman–Crippen MR) is 135 cm³/mol. The van der Waals surface area contributed by atoms with Gasteiger partial charge in [0.1, 0.15) is 5.57 Å². The number of anilines is 1. The molecule has 192 valence electrons. The number of amides is 4. The third kappa shape index (κ3) is 4.79. The molecular formula is C28H22N2O8. The molecule has 1 saturated heterocycles. The van der Waals surface area contributed by atoms with Crippen LogP contribution >= 0.6 is 0 Å². The Balaban J connectivity index is 1.41. The molecule has 0 spiro atoms. The zero-order valence-corrected chi connectivity index (χ0v) is 20.5. The molecule has 1 N–H and O–H groups in total. The number of carbonyl (C=O) groups excluding carboxylic acids is 4. The van der Waals surface area contributed by atoms with E-state index in [4.69, 9.17) is 18.9 Å². The van der Waals surface area contributed by atoms with Gasteiger partial charge < -0.3 is 18.9 Å². The number of hydrogen-bond donors (Lipinski definition) is 1. The minimum Gasteiger partial charge on any atom is -0.490 e. The van der Waals surface area contributed by atoms with Crippen molar-refractivity contribution < 1.29 is 38.1 Å². The summed E-state index contributed by atoms with van der Waals surface area (Å²) in [4.78, 5) is 51.8. The van der Waals surface area contributed by atoms with Gasteiger partial charge >= 0.3 is 12.0 Å². The minimum atomic E-state index is -0.832. The number of ether oxygens (including phenoxy) is 4. The molecule has 0 radical (unpaired) electrons. The summed E-state index contributed by atoms with van der Waals surface area (Å²) in [5.41, 5.74) is 1.73. The van der Waals surface area contributed by atoms with Crippen LogP contribution in [0.25, 0.3) is 6.08 Å². The molecule has 2 aliphatic heterocycles. The second-order valence-electron chi connectivity index (χ2n) is 8.39. The highest BCUT2D eigenvalue weighted by atomic mass is 16.7. The van der Waals surface area contributed by atoms with Gasteiger partial charge in [0.15, 0.2) is 23.0 Å². The average Bonchev–Trinajstić information content (AvgIpc) is 3.37. The molecule has 0 bridgehead atoms. The smallest absolute Gasteiger partial charge is 0.343 e. The highest BCUT2D eigenvalue weighted by molar-refractivity contribution is 6.39. The Labute approximate surface area is 217 Å². The summed E-state index contributed by atoms with van der Waals surface area (Å²) in [7, 11) is 0. The van der Waals surface area contributed by atoms with Gasteiger partial charge in [0.25, 0.3) is 11.8 Å². The monoisotopic (exact) mass is 514 g/mol. The van der Waals surface area contributed by atoms with Gasteiger partial charge in [0.2, 0.25) is 6.79 Å². The number of hydrogen-bond acceptors (Lipinski definition) is 8. The summed E-state index contributed by atoms with van der Waals surface area (Å²) in [5.74, 6) is -0.862. The van der Waals surface area contributed by atoms with Crippen LogP contribution in [0.2, 0.25) is 0 Å². The lowest BCUT2D eigenvalue weighted by molar-refractivity contribution is -0.122. The number of aryl methyl sites for hydroxylation is 1. The molecule has 2 heterocycles. The zero-order valence-electron chi connectivity index (χ0n) is 20.5. The molecule has 2 aliphatic rings. The van der Waals surface area contributed by atoms with Crippen LogP contribution in [0.5, 0.6) is 23.0 Å². The Morgan fingerprint density at radius 1 is 0.974 bits per heavy atom. The fourth-order valence-corrected chi connectivity index (χ4v) is 3.90. The molecule has 0 saturated carbocycles. The first-order valence-corrected chi connectivity index (χ1v) is 11.7. The van der Waals surface area contributed by atoms with E-state index in [0.29, 0.717) is 22.7 Å². The Morgan fingerprint density at radius 3 is 2.50 bits per heavy atom. The van der Waals surface area contributed by atoms with Crippen molar-refractivity contribution in [3.05, 3.63) is 82.9 Å². The summed E-state index contributed by atoms with van der Waals surface area (Å²) in [5, 5.41) is 2.20. The summed E-state index contributed by atoms with van der Waals surface area (Å²) in [6.45, 7) is 3.99. The molecule has 1 fully saturated rings. The molecule has 5 rings (SSSR count). The number of imide groups is 2. The lowest BCUT2D eigenvalue weighted by atomic mass is 10.1. The number of nitrogens with one attached hydrogen (secondary N) is 1. The quantitative estimate of drug-likeness (QED) is 0.227. The van der Waals surface area contributed by atoms with Crippen molar-refractivity contribution >= 4 is 35.6 Å². The fourth-order valence-electron chi connectivity index (χ4n) is 3.90. The number of urea groups is 1. The number of rotatable bonds is 6. The van der Waals surface area contributed by atoms with Crippen molar-refractivity contribution in [2.45, 2.75) is 13.8 Å². The van der Waals surface area contributed by atoms with Crippen LogP contribution in [0.15, 0.2) is 66.2 Å². The maximum atomic E-state index is 13.2. The molecule has 0 unspecified atom stereocenters. The van der Waals surface area contributed by atoms with Gasteiger partial charge in [-0.2, -0.15) is 0 Å². The number of carbonyl (C=O) groups is 4. The highest BCUT2D eigenvalue weighted by Crippen LogP contribution is 2.34. The lowest BCUT2D eigenvalue weighted by Gasteiger charge is -2.26. The zero-order chi connectivity index (χ0) is 26.8. The van der Waals surface area contributed by atoms with E-state index in [2.05, 4.69) is 5.32 Å². The third-order valence-electron chi connectivity index (χ3n) is 5.78. The maximum absolute atomic E-state index is 13.2. The Bertz CT molecular complexity index is 1490. The molecule has 10 heteroatoms. The molecule has 0 aliphatic carbocycles. The van der Waals surface area contributed by atoms with Gasteiger partial charge in [-0.25, -0.2) is 14.5 Å². The number of fused-ring (bicyclic) bond motifs is 1. The number of esters is 1. The summed E-state index contributed by atoms with van der Waals surface area (Å²) in [6, 6.07) is 15.2. The SMILES string of the molecule is CCOc1cc(/C=C2\C(=O)NC(=O)N(c3ccc(C)cc3)C2=O)ccc1OC(=O)c1ccc2c(c1)OCO2. The van der Waals surface area contributed by atoms with Gasteiger partial charge in [0.05, 0.1) is 17.9 Å². The first-order valence-electron chi connectivity index (χ1n) is 11.7. The van der Waals surface area contributed by atoms with E-state index in [0.717, 1.165) is 10.5 Å². The lowest BCUT2D eigenvalue weighted by Crippen LogP contribution is -2.54. The Morgan fingerprint density at radius 2 is 1.74 bits per heavy atom. The van der Waals surface area contributed by atoms with Crippen molar-refractivity contribution in [1.82, 2.24) is 5.32 Å². The average molecular weight is 514 g/mol. The van der Waals surface area contributed by atoms with Crippen LogP contribution in [0.1, 0.15) is 28.4 Å². The van der Waals surface area contributed by atoms with Crippen LogP contribution in [-0.2, 0) is 9.59 Å². The Hall–Kier alpha value is -5.12. The van der Waals surface area contributed by atoms with Gasteiger partial charge in [-0.05, 0) is 68.0 Å². The molecule has 38 heavy (non-hydrogen) atoms. The van der Waals surface area contributed by atoms with Crippen molar-refractivity contribution in [1.29, 1.82) is 0 Å². The molecule has 0 atom stereocenters. The highest BCUT2D eigenvalue weighted by Gasteiger charge is 2.36. The molecule has 3 aromatic carbocycles. The molecule has 10 nitrogen and oxygen atoms in total. The summed E-state index contributed by atoms with van der Waals surface area (Å²) >= 11 is 0. The van der Waals surface area contributed by atoms with Gasteiger partial charge in [0, 0.05) is 0 Å². The standard InChI is InChI=1S/C28H22N2O8/c1-3-35-23-13-17(6-10-22(23)38-27(33)18-7-11-21-24(14-18)37-15-36-21)12-20-25(31)29-28(34)30(26(20)32)19-8-4-16(2)5-9-19/h4-14H,3,15H2,1-2H3,(H,29,31,34)/b20-12+. The van der Waals surface area contributed by atoms with Crippen LogP contribution in [0.4, 0.5) is 10.5 Å². The first kappa shape index (κ1) is 24.6. The van der Waals surface area contributed by atoms with E-state index in [1.807, 2.05) is 6.92 Å². The van der Waals surface area contributed by atoms with Gasteiger partial charge in [-0.1, -0.05) is 23.8 Å². The van der Waals surface area contributed by atoms with E-state index in [9.17, 15) is 19.2 Å². The van der Waals surface area contributed by atoms with Crippen molar-refractivity contribution in [2.75, 3.05) is 18.3 Å². The second kappa shape index (κ2) is 10.1. The van der Waals surface area contributed by atoms with E-state index < -0.39 is 23.8 Å². The molecular weight excluding hydrogens is 492 g/mol. The summed E-state index contributed by atoms with van der Waals surface area (Å²) < 4.78 is 21.8. The van der Waals surface area contributed by atoms with E-state index in [1.165, 1.54) is 24.3 Å². The third-order valence-corrected chi connectivity index (χ3v) is 5.78. The second-order valence-corrected chi connectivity index (χ2v) is 8.39. The molecule has 0 aromatic heterocycles. The topological polar surface area (TPSA) is 120 Å². The fraction of sp³-hybridized carbons (Fsp3) is 0.143. The molecule has 3 aromatic rings. The van der Waals surface area contributed by atoms with Gasteiger partial charge in [-0.15, -0.1) is 0 Å². The van der Waals surface area contributed by atoms with E-state index in [-0.39, 0.29) is 36.0 Å². The number of barbiturate groups is 1.